The van der Waals surface area contributed by atoms with Crippen molar-refractivity contribution in [2.45, 2.75) is 38.0 Å². The van der Waals surface area contributed by atoms with Gasteiger partial charge in [0, 0.05) is 48.2 Å². The van der Waals surface area contributed by atoms with Gasteiger partial charge in [-0.25, -0.2) is 0 Å². The molecule has 5 aromatic rings. The summed E-state index contributed by atoms with van der Waals surface area (Å²) in [6, 6.07) is 11.1. The maximum absolute atomic E-state index is 13.4. The maximum Gasteiger partial charge on any atom is 0.417 e. The van der Waals surface area contributed by atoms with E-state index in [0.29, 0.717) is 34.1 Å². The zero-order valence-electron chi connectivity index (χ0n) is 21.7. The fraction of sp³-hybridized carbons (Fsp3) is 0.241. The van der Waals surface area contributed by atoms with Gasteiger partial charge in [-0.2, -0.15) is 31.4 Å². The normalized spacial score (nSPS) is 13.2. The predicted molar refractivity (Wildman–Crippen MR) is 140 cm³/mol. The van der Waals surface area contributed by atoms with Crippen molar-refractivity contribution >= 4 is 27.6 Å². The highest BCUT2D eigenvalue weighted by Gasteiger charge is 2.31. The molecule has 0 bridgehead atoms. The van der Waals surface area contributed by atoms with Crippen molar-refractivity contribution in [2.75, 3.05) is 0 Å². The Balaban J connectivity index is 1.47. The number of fused-ring (bicyclic) bond motifs is 3. The highest BCUT2D eigenvalue weighted by atomic mass is 19.4. The topological polar surface area (TPSA) is 69.8 Å². The molecule has 0 spiro atoms. The van der Waals surface area contributed by atoms with E-state index < -0.39 is 29.0 Å². The van der Waals surface area contributed by atoms with Crippen molar-refractivity contribution < 1.29 is 31.1 Å². The monoisotopic (exact) mass is 572 g/mol. The average molecular weight is 573 g/mol. The summed E-state index contributed by atoms with van der Waals surface area (Å²) in [5.41, 5.74) is -0.499. The minimum Gasteiger partial charge on any atom is -0.294 e. The van der Waals surface area contributed by atoms with Crippen LogP contribution < -0.4 is 5.56 Å². The molecule has 0 radical (unpaired) electrons. The van der Waals surface area contributed by atoms with Crippen LogP contribution in [0.2, 0.25) is 0 Å². The van der Waals surface area contributed by atoms with Crippen LogP contribution in [0.5, 0.6) is 0 Å². The molecule has 0 aliphatic carbocycles. The van der Waals surface area contributed by atoms with E-state index in [-0.39, 0.29) is 29.2 Å². The van der Waals surface area contributed by atoms with Crippen LogP contribution in [-0.2, 0) is 19.4 Å². The number of hydrogen-bond acceptors (Lipinski definition) is 4. The summed E-state index contributed by atoms with van der Waals surface area (Å²) in [6.07, 6.45) is -6.33. The van der Waals surface area contributed by atoms with Gasteiger partial charge in [0.15, 0.2) is 5.78 Å². The number of ketones is 1. The fourth-order valence-corrected chi connectivity index (χ4v) is 4.73. The number of Topliss-reactive ketones (excluding diaryl/α,β-unsaturated/α-hetero) is 1. The van der Waals surface area contributed by atoms with E-state index >= 15 is 0 Å². The molecule has 41 heavy (non-hydrogen) atoms. The smallest absolute Gasteiger partial charge is 0.294 e. The van der Waals surface area contributed by atoms with Crippen LogP contribution in [0.3, 0.4) is 0 Å². The van der Waals surface area contributed by atoms with Crippen molar-refractivity contribution in [1.29, 1.82) is 0 Å². The van der Waals surface area contributed by atoms with Gasteiger partial charge in [0.1, 0.15) is 5.52 Å². The van der Waals surface area contributed by atoms with E-state index in [1.54, 1.807) is 26.1 Å². The molecular weight excluding hydrogens is 550 g/mol. The molecule has 0 N–H and O–H groups in total. The second-order valence-electron chi connectivity index (χ2n) is 9.81. The zero-order valence-corrected chi connectivity index (χ0v) is 21.7. The summed E-state index contributed by atoms with van der Waals surface area (Å²) in [7, 11) is 1.62. The minimum absolute atomic E-state index is 0.0826. The Kier molecular flexibility index (Phi) is 6.96. The third-order valence-corrected chi connectivity index (χ3v) is 6.95. The number of hydrogen-bond donors (Lipinski definition) is 0. The number of aryl methyl sites for hydroxylation is 1. The van der Waals surface area contributed by atoms with Crippen LogP contribution in [0.25, 0.3) is 27.5 Å². The van der Waals surface area contributed by atoms with E-state index in [9.17, 15) is 35.9 Å². The quantitative estimate of drug-likeness (QED) is 0.161. The van der Waals surface area contributed by atoms with Crippen LogP contribution in [0.4, 0.5) is 26.3 Å². The van der Waals surface area contributed by atoms with Crippen molar-refractivity contribution in [3.8, 4) is 5.69 Å². The minimum atomic E-state index is -4.53. The number of carbonyl (C=O) groups is 1. The molecular formula is C29H22F6N4O2. The zero-order chi connectivity index (χ0) is 29.7. The second-order valence-corrected chi connectivity index (χ2v) is 9.81. The molecule has 0 aliphatic heterocycles. The number of nitrogens with zero attached hydrogens (tertiary/aromatic N) is 4. The van der Waals surface area contributed by atoms with Crippen molar-refractivity contribution in [3.63, 3.8) is 0 Å². The van der Waals surface area contributed by atoms with Gasteiger partial charge in [-0.15, -0.1) is 0 Å². The Morgan fingerprint density at radius 2 is 1.56 bits per heavy atom. The molecule has 0 saturated heterocycles. The largest absolute Gasteiger partial charge is 0.417 e. The standard InChI is InChI=1S/C29H22F6N4O2/c1-16(23-10-7-19(14-36-23)29(33,34)35)3-12-25(40)17-4-11-24-21(13-17)26-22(15-38(2)37-26)27(41)39(24)20-8-5-18(6-9-20)28(30,31)32/h4-11,13-16H,3,12H2,1-2H3/t16-/m1/s1. The molecule has 212 valence electrons. The SMILES string of the molecule is C[C@H](CCC(=O)c1ccc2c(c1)c1nn(C)cc1c(=O)n2-c1ccc(C(F)(F)F)cc1)c1ccc(C(F)(F)F)cn1. The first-order chi connectivity index (χ1) is 19.2. The molecule has 5 rings (SSSR count). The number of benzene rings is 2. The van der Waals surface area contributed by atoms with Gasteiger partial charge in [0.05, 0.1) is 22.0 Å². The van der Waals surface area contributed by atoms with E-state index in [1.807, 2.05) is 0 Å². The fourth-order valence-electron chi connectivity index (χ4n) is 4.73. The molecule has 12 heteroatoms. The van der Waals surface area contributed by atoms with E-state index in [4.69, 9.17) is 0 Å². The van der Waals surface area contributed by atoms with Gasteiger partial charge < -0.3 is 0 Å². The summed E-state index contributed by atoms with van der Waals surface area (Å²) in [6.45, 7) is 1.77. The molecule has 0 fully saturated rings. The number of aromatic nitrogens is 4. The molecule has 2 aromatic carbocycles. The molecule has 0 aliphatic rings. The Bertz CT molecular complexity index is 1820. The van der Waals surface area contributed by atoms with Gasteiger partial charge in [0.25, 0.3) is 5.56 Å². The lowest BCUT2D eigenvalue weighted by atomic mass is 9.96. The van der Waals surface area contributed by atoms with Crippen molar-refractivity contribution in [1.82, 2.24) is 19.3 Å². The summed E-state index contributed by atoms with van der Waals surface area (Å²) in [4.78, 5) is 30.4. The van der Waals surface area contributed by atoms with Crippen LogP contribution in [0.15, 0.2) is 71.8 Å². The summed E-state index contributed by atoms with van der Waals surface area (Å²) in [5.74, 6) is -0.518. The molecule has 0 unspecified atom stereocenters. The highest BCUT2D eigenvalue weighted by Crippen LogP contribution is 2.32. The summed E-state index contributed by atoms with van der Waals surface area (Å²) < 4.78 is 80.5. The van der Waals surface area contributed by atoms with Crippen molar-refractivity contribution in [2.24, 2.45) is 7.05 Å². The van der Waals surface area contributed by atoms with E-state index in [1.165, 1.54) is 39.7 Å². The van der Waals surface area contributed by atoms with Gasteiger partial charge in [-0.1, -0.05) is 6.92 Å². The van der Waals surface area contributed by atoms with Crippen LogP contribution in [0, 0.1) is 0 Å². The Morgan fingerprint density at radius 3 is 2.17 bits per heavy atom. The van der Waals surface area contributed by atoms with Crippen LogP contribution >= 0.6 is 0 Å². The van der Waals surface area contributed by atoms with Gasteiger partial charge in [-0.3, -0.25) is 23.8 Å². The molecule has 1 atom stereocenters. The first kappa shape index (κ1) is 28.1. The van der Waals surface area contributed by atoms with Crippen LogP contribution in [0.1, 0.15) is 52.9 Å². The van der Waals surface area contributed by atoms with Gasteiger partial charge in [0.2, 0.25) is 0 Å². The number of rotatable bonds is 6. The third kappa shape index (κ3) is 5.46. The van der Waals surface area contributed by atoms with Crippen LogP contribution in [-0.4, -0.2) is 25.1 Å². The molecule has 6 nitrogen and oxygen atoms in total. The number of pyridine rings is 2. The molecule has 3 aromatic heterocycles. The third-order valence-electron chi connectivity index (χ3n) is 6.95. The van der Waals surface area contributed by atoms with Gasteiger partial charge in [-0.05, 0) is 66.9 Å². The first-order valence-corrected chi connectivity index (χ1v) is 12.5. The lowest BCUT2D eigenvalue weighted by Gasteiger charge is -2.14. The predicted octanol–water partition coefficient (Wildman–Crippen LogP) is 7.08. The number of alkyl halides is 6. The summed E-state index contributed by atoms with van der Waals surface area (Å²) >= 11 is 0. The Labute approximate surface area is 228 Å². The second kappa shape index (κ2) is 10.2. The maximum atomic E-state index is 13.4. The number of carbonyl (C=O) groups excluding carboxylic acids is 1. The molecule has 3 heterocycles. The lowest BCUT2D eigenvalue weighted by Crippen LogP contribution is -2.19. The van der Waals surface area contributed by atoms with E-state index in [0.717, 1.165) is 24.4 Å². The Morgan fingerprint density at radius 1 is 0.902 bits per heavy atom. The average Bonchev–Trinajstić information content (AvgIpc) is 3.33. The lowest BCUT2D eigenvalue weighted by molar-refractivity contribution is -0.138. The summed E-state index contributed by atoms with van der Waals surface area (Å²) in [5, 5.41) is 5.07. The van der Waals surface area contributed by atoms with Crippen molar-refractivity contribution in [3.05, 3.63) is 99.7 Å². The first-order valence-electron chi connectivity index (χ1n) is 12.5. The Hall–Kier alpha value is -4.48. The molecule has 0 amide bonds. The molecule has 0 saturated carbocycles. The number of halogens is 6. The highest BCUT2D eigenvalue weighted by molar-refractivity contribution is 6.07. The van der Waals surface area contributed by atoms with E-state index in [2.05, 4.69) is 10.1 Å². The van der Waals surface area contributed by atoms with Gasteiger partial charge >= 0.3 is 12.4 Å².